The van der Waals surface area contributed by atoms with Gasteiger partial charge in [-0.2, -0.15) is 0 Å². The smallest absolute Gasteiger partial charge is 0.151 e. The van der Waals surface area contributed by atoms with Crippen LogP contribution in [0.1, 0.15) is 12.8 Å². The van der Waals surface area contributed by atoms with Gasteiger partial charge in [0, 0.05) is 19.5 Å². The minimum atomic E-state index is -2.82. The molecule has 1 aliphatic rings. The highest BCUT2D eigenvalue weighted by Gasteiger charge is 2.18. The van der Waals surface area contributed by atoms with E-state index in [1.807, 2.05) is 0 Å². The van der Waals surface area contributed by atoms with E-state index in [-0.39, 0.29) is 11.6 Å². The minimum absolute atomic E-state index is 0.164. The average molecular weight is 219 g/mol. The summed E-state index contributed by atoms with van der Waals surface area (Å²) in [5.74, 6) is 0.700. The molecule has 1 aliphatic heterocycles. The van der Waals surface area contributed by atoms with E-state index >= 15 is 0 Å². The first-order valence-corrected chi connectivity index (χ1v) is 6.57. The quantitative estimate of drug-likeness (QED) is 0.491. The summed E-state index contributed by atoms with van der Waals surface area (Å²) >= 11 is 0. The molecule has 0 unspecified atom stereocenters. The Morgan fingerprint density at radius 2 is 2.07 bits per heavy atom. The maximum Gasteiger partial charge on any atom is 0.151 e. The molecule has 3 N–H and O–H groups in total. The molecular formula is C8H17N3O2S. The average Bonchev–Trinajstić information content (AvgIpc) is 2.23. The Morgan fingerprint density at radius 3 is 2.71 bits per heavy atom. The van der Waals surface area contributed by atoms with Gasteiger partial charge in [0.1, 0.15) is 0 Å². The molecule has 0 saturated carbocycles. The zero-order valence-corrected chi connectivity index (χ0v) is 9.02. The van der Waals surface area contributed by atoms with Crippen LogP contribution < -0.4 is 5.73 Å². The fourth-order valence-corrected chi connectivity index (χ4v) is 2.80. The summed E-state index contributed by atoms with van der Waals surface area (Å²) in [4.78, 5) is 2.06. The van der Waals surface area contributed by atoms with Crippen LogP contribution in [-0.2, 0) is 9.84 Å². The lowest BCUT2D eigenvalue weighted by atomic mass is 10.3. The molecule has 0 bridgehead atoms. The monoisotopic (exact) mass is 219 g/mol. The zero-order valence-electron chi connectivity index (χ0n) is 8.20. The van der Waals surface area contributed by atoms with Gasteiger partial charge in [-0.3, -0.25) is 5.41 Å². The first-order chi connectivity index (χ1) is 6.49. The fraction of sp³-hybridized carbons (Fsp3) is 0.875. The van der Waals surface area contributed by atoms with E-state index in [4.69, 9.17) is 11.1 Å². The molecule has 1 heterocycles. The van der Waals surface area contributed by atoms with E-state index in [1.54, 1.807) is 0 Å². The van der Waals surface area contributed by atoms with Crippen LogP contribution in [0.25, 0.3) is 0 Å². The highest BCUT2D eigenvalue weighted by atomic mass is 32.2. The number of sulfone groups is 1. The van der Waals surface area contributed by atoms with Gasteiger partial charge >= 0.3 is 0 Å². The van der Waals surface area contributed by atoms with Gasteiger partial charge in [-0.05, 0) is 13.0 Å². The van der Waals surface area contributed by atoms with E-state index in [9.17, 15) is 8.42 Å². The SMILES string of the molecule is N=C(N)CCN1CCCS(=O)(=O)CC1. The fourth-order valence-electron chi connectivity index (χ4n) is 1.49. The number of rotatable bonds is 3. The second-order valence-corrected chi connectivity index (χ2v) is 5.93. The Bertz CT molecular complexity index is 300. The summed E-state index contributed by atoms with van der Waals surface area (Å²) in [7, 11) is -2.82. The predicted octanol–water partition coefficient (Wildman–Crippen LogP) is -0.567. The number of hydrogen-bond acceptors (Lipinski definition) is 4. The second kappa shape index (κ2) is 4.75. The van der Waals surface area contributed by atoms with Crippen molar-refractivity contribution in [3.8, 4) is 0 Å². The molecule has 1 rings (SSSR count). The highest BCUT2D eigenvalue weighted by Crippen LogP contribution is 2.05. The third-order valence-electron chi connectivity index (χ3n) is 2.35. The normalized spacial score (nSPS) is 22.9. The van der Waals surface area contributed by atoms with Gasteiger partial charge in [0.15, 0.2) is 9.84 Å². The van der Waals surface area contributed by atoms with Gasteiger partial charge in [0.25, 0.3) is 0 Å². The van der Waals surface area contributed by atoms with Crippen LogP contribution >= 0.6 is 0 Å². The van der Waals surface area contributed by atoms with Crippen molar-refractivity contribution in [1.29, 1.82) is 5.41 Å². The van der Waals surface area contributed by atoms with Gasteiger partial charge < -0.3 is 10.6 Å². The Balaban J connectivity index is 2.39. The molecule has 0 aromatic heterocycles. The first-order valence-electron chi connectivity index (χ1n) is 4.75. The van der Waals surface area contributed by atoms with Gasteiger partial charge in [-0.15, -0.1) is 0 Å². The van der Waals surface area contributed by atoms with Crippen molar-refractivity contribution in [1.82, 2.24) is 4.90 Å². The molecule has 1 saturated heterocycles. The Hall–Kier alpha value is -0.620. The van der Waals surface area contributed by atoms with E-state index in [2.05, 4.69) is 4.90 Å². The number of nitrogens with one attached hydrogen (secondary N) is 1. The highest BCUT2D eigenvalue weighted by molar-refractivity contribution is 7.91. The van der Waals surface area contributed by atoms with E-state index in [0.717, 1.165) is 6.54 Å². The topological polar surface area (TPSA) is 87.2 Å². The predicted molar refractivity (Wildman–Crippen MR) is 56.2 cm³/mol. The van der Waals surface area contributed by atoms with Crippen molar-refractivity contribution >= 4 is 15.7 Å². The van der Waals surface area contributed by atoms with Crippen LogP contribution in [0, 0.1) is 5.41 Å². The number of hydrogen-bond donors (Lipinski definition) is 2. The first kappa shape index (κ1) is 11.5. The van der Waals surface area contributed by atoms with Crippen molar-refractivity contribution < 1.29 is 8.42 Å². The van der Waals surface area contributed by atoms with Gasteiger partial charge in [-0.1, -0.05) is 0 Å². The molecule has 1 fully saturated rings. The lowest BCUT2D eigenvalue weighted by molar-refractivity contribution is 0.304. The van der Waals surface area contributed by atoms with Crippen LogP contribution in [0.5, 0.6) is 0 Å². The van der Waals surface area contributed by atoms with Crippen molar-refractivity contribution in [2.75, 3.05) is 31.1 Å². The molecular weight excluding hydrogens is 202 g/mol. The molecule has 0 spiro atoms. The lowest BCUT2D eigenvalue weighted by Gasteiger charge is -2.18. The molecule has 14 heavy (non-hydrogen) atoms. The standard InChI is InChI=1S/C8H17N3O2S/c9-8(10)2-4-11-3-1-6-14(12,13)7-5-11/h1-7H2,(H3,9,10). The lowest BCUT2D eigenvalue weighted by Crippen LogP contribution is -2.30. The molecule has 0 aliphatic carbocycles. The molecule has 82 valence electrons. The maximum atomic E-state index is 11.3. The summed E-state index contributed by atoms with van der Waals surface area (Å²) in [5.41, 5.74) is 5.24. The molecule has 0 radical (unpaired) electrons. The van der Waals surface area contributed by atoms with Crippen LogP contribution in [0.2, 0.25) is 0 Å². The number of amidine groups is 1. The van der Waals surface area contributed by atoms with Gasteiger partial charge in [0.05, 0.1) is 17.3 Å². The molecule has 0 amide bonds. The van der Waals surface area contributed by atoms with E-state index < -0.39 is 9.84 Å². The summed E-state index contributed by atoms with van der Waals surface area (Å²) in [5, 5.41) is 7.08. The van der Waals surface area contributed by atoms with Crippen LogP contribution in [0.3, 0.4) is 0 Å². The van der Waals surface area contributed by atoms with Crippen LogP contribution in [0.15, 0.2) is 0 Å². The maximum absolute atomic E-state index is 11.3. The zero-order chi connectivity index (χ0) is 10.6. The minimum Gasteiger partial charge on any atom is -0.388 e. The van der Waals surface area contributed by atoms with Crippen molar-refractivity contribution in [2.45, 2.75) is 12.8 Å². The Kier molecular flexibility index (Phi) is 3.88. The molecule has 6 heteroatoms. The summed E-state index contributed by atoms with van der Waals surface area (Å²) in [6.07, 6.45) is 1.22. The van der Waals surface area contributed by atoms with Gasteiger partial charge in [0.2, 0.25) is 0 Å². The third kappa shape index (κ3) is 4.06. The summed E-state index contributed by atoms with van der Waals surface area (Å²) in [6.45, 7) is 2.08. The third-order valence-corrected chi connectivity index (χ3v) is 4.06. The molecule has 0 aromatic rings. The van der Waals surface area contributed by atoms with Crippen molar-refractivity contribution in [3.63, 3.8) is 0 Å². The van der Waals surface area contributed by atoms with E-state index in [0.29, 0.717) is 31.7 Å². The van der Waals surface area contributed by atoms with Crippen LogP contribution in [-0.4, -0.2) is 50.3 Å². The van der Waals surface area contributed by atoms with Gasteiger partial charge in [-0.25, -0.2) is 8.42 Å². The van der Waals surface area contributed by atoms with E-state index in [1.165, 1.54) is 0 Å². The molecule has 5 nitrogen and oxygen atoms in total. The molecule has 0 atom stereocenters. The summed E-state index contributed by atoms with van der Waals surface area (Å²) < 4.78 is 22.5. The van der Waals surface area contributed by atoms with Crippen LogP contribution in [0.4, 0.5) is 0 Å². The number of nitrogens with zero attached hydrogens (tertiary/aromatic N) is 1. The summed E-state index contributed by atoms with van der Waals surface area (Å²) in [6, 6.07) is 0. The Morgan fingerprint density at radius 1 is 1.36 bits per heavy atom. The van der Waals surface area contributed by atoms with Crippen molar-refractivity contribution in [2.24, 2.45) is 5.73 Å². The second-order valence-electron chi connectivity index (χ2n) is 3.62. The van der Waals surface area contributed by atoms with Crippen molar-refractivity contribution in [3.05, 3.63) is 0 Å². The Labute approximate surface area is 84.7 Å². The number of nitrogens with two attached hydrogens (primary N) is 1. The molecule has 0 aromatic carbocycles. The largest absolute Gasteiger partial charge is 0.388 e.